The highest BCUT2D eigenvalue weighted by molar-refractivity contribution is 9.10. The van der Waals surface area contributed by atoms with E-state index in [1.807, 2.05) is 12.1 Å². The van der Waals surface area contributed by atoms with Crippen molar-refractivity contribution in [1.29, 1.82) is 0 Å². The third kappa shape index (κ3) is 4.00. The fraction of sp³-hybridized carbons (Fsp3) is 0.143. The predicted molar refractivity (Wildman–Crippen MR) is 76.1 cm³/mol. The van der Waals surface area contributed by atoms with Gasteiger partial charge in [-0.15, -0.1) is 0 Å². The second kappa shape index (κ2) is 6.46. The molecule has 100 valence electrons. The third-order valence-corrected chi connectivity index (χ3v) is 3.86. The maximum atomic E-state index is 13.4. The minimum absolute atomic E-state index is 0.340. The van der Waals surface area contributed by atoms with E-state index in [0.29, 0.717) is 23.7 Å². The smallest absolute Gasteiger partial charge is 0.130 e. The molecule has 5 heteroatoms. The number of nitrogens with one attached hydrogen (secondary N) is 1. The maximum Gasteiger partial charge on any atom is 0.130 e. The highest BCUT2D eigenvalue weighted by Crippen LogP contribution is 2.23. The lowest BCUT2D eigenvalue weighted by atomic mass is 10.2. The molecule has 0 fully saturated rings. The van der Waals surface area contributed by atoms with Gasteiger partial charge in [0.05, 0.1) is 5.02 Å². The summed E-state index contributed by atoms with van der Waals surface area (Å²) in [5.41, 5.74) is 1.47. The van der Waals surface area contributed by atoms with Crippen LogP contribution >= 0.6 is 27.5 Å². The highest BCUT2D eigenvalue weighted by Gasteiger charge is 2.04. The Bertz CT molecular complexity index is 590. The molecule has 0 radical (unpaired) electrons. The number of halogens is 4. The van der Waals surface area contributed by atoms with Crippen LogP contribution in [0.15, 0.2) is 40.9 Å². The summed E-state index contributed by atoms with van der Waals surface area (Å²) in [4.78, 5) is 0. The summed E-state index contributed by atoms with van der Waals surface area (Å²) >= 11 is 9.23. The molecule has 0 amide bonds. The standard InChI is InChI=1S/C14H11BrClF2N/c15-12-5-9(1-4-13(12)16)7-19-8-10-2-3-11(17)6-14(10)18/h1-6,19H,7-8H2. The van der Waals surface area contributed by atoms with E-state index in [1.54, 1.807) is 6.07 Å². The normalized spacial score (nSPS) is 10.7. The molecule has 2 aromatic carbocycles. The molecule has 1 nitrogen and oxygen atoms in total. The fourth-order valence-corrected chi connectivity index (χ4v) is 2.20. The first kappa shape index (κ1) is 14.4. The molecule has 0 bridgehead atoms. The first-order valence-corrected chi connectivity index (χ1v) is 6.82. The summed E-state index contributed by atoms with van der Waals surface area (Å²) in [5, 5.41) is 3.75. The Labute approximate surface area is 123 Å². The molecule has 0 unspecified atom stereocenters. The van der Waals surface area contributed by atoms with E-state index in [1.165, 1.54) is 12.1 Å². The van der Waals surface area contributed by atoms with E-state index in [4.69, 9.17) is 11.6 Å². The maximum absolute atomic E-state index is 13.4. The van der Waals surface area contributed by atoms with E-state index in [2.05, 4.69) is 21.2 Å². The number of hydrogen-bond acceptors (Lipinski definition) is 1. The van der Waals surface area contributed by atoms with E-state index in [-0.39, 0.29) is 0 Å². The first-order chi connectivity index (χ1) is 9.06. The Kier molecular flexibility index (Phi) is 4.91. The molecular weight excluding hydrogens is 336 g/mol. The molecule has 2 aromatic rings. The van der Waals surface area contributed by atoms with Gasteiger partial charge in [-0.3, -0.25) is 0 Å². The van der Waals surface area contributed by atoms with Gasteiger partial charge in [-0.05, 0) is 39.7 Å². The second-order valence-electron chi connectivity index (χ2n) is 4.09. The zero-order valence-corrected chi connectivity index (χ0v) is 12.2. The number of benzene rings is 2. The lowest BCUT2D eigenvalue weighted by Crippen LogP contribution is -2.13. The van der Waals surface area contributed by atoms with Crippen molar-refractivity contribution in [3.63, 3.8) is 0 Å². The van der Waals surface area contributed by atoms with Crippen LogP contribution < -0.4 is 5.32 Å². The Morgan fingerprint density at radius 2 is 1.84 bits per heavy atom. The second-order valence-corrected chi connectivity index (χ2v) is 5.35. The van der Waals surface area contributed by atoms with Gasteiger partial charge in [0.15, 0.2) is 0 Å². The van der Waals surface area contributed by atoms with Crippen molar-refractivity contribution in [2.24, 2.45) is 0 Å². The van der Waals surface area contributed by atoms with Crippen LogP contribution in [-0.4, -0.2) is 0 Å². The molecule has 0 aliphatic heterocycles. The van der Waals surface area contributed by atoms with E-state index >= 15 is 0 Å². The Hall–Kier alpha value is -0.970. The molecule has 0 saturated heterocycles. The predicted octanol–water partition coefficient (Wildman–Crippen LogP) is 4.67. The first-order valence-electron chi connectivity index (χ1n) is 5.65. The molecule has 0 heterocycles. The monoisotopic (exact) mass is 345 g/mol. The molecule has 19 heavy (non-hydrogen) atoms. The van der Waals surface area contributed by atoms with Crippen molar-refractivity contribution in [2.75, 3.05) is 0 Å². The molecule has 0 aromatic heterocycles. The summed E-state index contributed by atoms with van der Waals surface area (Å²) in [7, 11) is 0. The molecule has 2 rings (SSSR count). The quantitative estimate of drug-likeness (QED) is 0.848. The third-order valence-electron chi connectivity index (χ3n) is 2.64. The molecule has 0 aliphatic rings. The van der Waals surface area contributed by atoms with Gasteiger partial charge in [-0.25, -0.2) is 8.78 Å². The van der Waals surface area contributed by atoms with Crippen molar-refractivity contribution < 1.29 is 8.78 Å². The molecular formula is C14H11BrClF2N. The van der Waals surface area contributed by atoms with Crippen LogP contribution in [-0.2, 0) is 13.1 Å². The zero-order valence-electron chi connectivity index (χ0n) is 9.89. The minimum Gasteiger partial charge on any atom is -0.309 e. The van der Waals surface area contributed by atoms with Crippen molar-refractivity contribution in [3.05, 3.63) is 68.7 Å². The molecule has 0 saturated carbocycles. The average Bonchev–Trinajstić information content (AvgIpc) is 2.36. The van der Waals surface area contributed by atoms with Crippen LogP contribution in [0.25, 0.3) is 0 Å². The van der Waals surface area contributed by atoms with Crippen LogP contribution in [0.2, 0.25) is 5.02 Å². The van der Waals surface area contributed by atoms with E-state index in [9.17, 15) is 8.78 Å². The zero-order chi connectivity index (χ0) is 13.8. The largest absolute Gasteiger partial charge is 0.309 e. The Morgan fingerprint density at radius 3 is 2.53 bits per heavy atom. The topological polar surface area (TPSA) is 12.0 Å². The SMILES string of the molecule is Fc1ccc(CNCc2ccc(Cl)c(Br)c2)c(F)c1. The van der Waals surface area contributed by atoms with Crippen LogP contribution in [0.5, 0.6) is 0 Å². The van der Waals surface area contributed by atoms with Crippen molar-refractivity contribution in [2.45, 2.75) is 13.1 Å². The Balaban J connectivity index is 1.94. The molecule has 0 atom stereocenters. The van der Waals surface area contributed by atoms with E-state index < -0.39 is 11.6 Å². The van der Waals surface area contributed by atoms with Gasteiger partial charge < -0.3 is 5.32 Å². The fourth-order valence-electron chi connectivity index (χ4n) is 1.66. The molecule has 1 N–H and O–H groups in total. The van der Waals surface area contributed by atoms with Crippen LogP contribution in [0.4, 0.5) is 8.78 Å². The van der Waals surface area contributed by atoms with Crippen LogP contribution in [0, 0.1) is 11.6 Å². The summed E-state index contributed by atoms with van der Waals surface area (Å²) in [6.07, 6.45) is 0. The van der Waals surface area contributed by atoms with Gasteiger partial charge in [0.25, 0.3) is 0 Å². The van der Waals surface area contributed by atoms with Gasteiger partial charge in [-0.1, -0.05) is 23.7 Å². The van der Waals surface area contributed by atoms with Gasteiger partial charge in [0.2, 0.25) is 0 Å². The summed E-state index contributed by atoms with van der Waals surface area (Å²) < 4.78 is 26.9. The summed E-state index contributed by atoms with van der Waals surface area (Å²) in [6.45, 7) is 0.916. The Morgan fingerprint density at radius 1 is 1.05 bits per heavy atom. The van der Waals surface area contributed by atoms with Crippen LogP contribution in [0.1, 0.15) is 11.1 Å². The lowest BCUT2D eigenvalue weighted by Gasteiger charge is -2.07. The highest BCUT2D eigenvalue weighted by atomic mass is 79.9. The summed E-state index contributed by atoms with van der Waals surface area (Å²) in [6, 6.07) is 9.16. The number of hydrogen-bond donors (Lipinski definition) is 1. The van der Waals surface area contributed by atoms with Gasteiger partial charge >= 0.3 is 0 Å². The van der Waals surface area contributed by atoms with Gasteiger partial charge in [0.1, 0.15) is 11.6 Å². The average molecular weight is 347 g/mol. The molecule has 0 spiro atoms. The lowest BCUT2D eigenvalue weighted by molar-refractivity contribution is 0.560. The van der Waals surface area contributed by atoms with Crippen molar-refractivity contribution in [1.82, 2.24) is 5.32 Å². The van der Waals surface area contributed by atoms with Gasteiger partial charge in [-0.2, -0.15) is 0 Å². The van der Waals surface area contributed by atoms with Crippen molar-refractivity contribution in [3.8, 4) is 0 Å². The summed E-state index contributed by atoms with van der Waals surface area (Å²) in [5.74, 6) is -1.10. The molecule has 0 aliphatic carbocycles. The van der Waals surface area contributed by atoms with Crippen LogP contribution in [0.3, 0.4) is 0 Å². The van der Waals surface area contributed by atoms with Gasteiger partial charge in [0, 0.05) is 29.2 Å². The number of rotatable bonds is 4. The van der Waals surface area contributed by atoms with E-state index in [0.717, 1.165) is 16.1 Å². The van der Waals surface area contributed by atoms with Crippen molar-refractivity contribution >= 4 is 27.5 Å². The minimum atomic E-state index is -0.567.